The van der Waals surface area contributed by atoms with Crippen molar-refractivity contribution in [2.45, 2.75) is 85.0 Å². The van der Waals surface area contributed by atoms with Crippen molar-refractivity contribution in [3.63, 3.8) is 0 Å². The number of nitriles is 1. The van der Waals surface area contributed by atoms with Crippen LogP contribution in [0, 0.1) is 64.1 Å². The van der Waals surface area contributed by atoms with Crippen LogP contribution in [-0.2, 0) is 11.2 Å². The maximum Gasteiger partial charge on any atom is 0.0991 e. The standard InChI is InChI=1S/C31H45NO/c1-4-33-20-24-8-10-26-25(18-24)9-11-28-27(26)14-15-31(3)29(12-13-30(28)31)21(2)16-22-6-5-7-23(17-22)19-32/h5-7,17,21,24-30H,4,8-16,18,20H2,1-3H3/t21-,24+,25-,26+,27?,28-,29?,30?,31-/m1/s1. The molecule has 1 aromatic carbocycles. The van der Waals surface area contributed by atoms with Crippen molar-refractivity contribution in [3.8, 4) is 6.07 Å². The van der Waals surface area contributed by atoms with Crippen LogP contribution in [0.2, 0.25) is 0 Å². The van der Waals surface area contributed by atoms with E-state index >= 15 is 0 Å². The van der Waals surface area contributed by atoms with Crippen molar-refractivity contribution in [1.82, 2.24) is 0 Å². The van der Waals surface area contributed by atoms with Crippen LogP contribution in [0.1, 0.15) is 89.7 Å². The van der Waals surface area contributed by atoms with E-state index in [9.17, 15) is 5.26 Å². The SMILES string of the molecule is CCOC[C@H]1CC[C@@H]2C3CC[C@@]4(C)C(CCC4[C@H](C)Cc4cccc(C#N)c4)[C@@H]3CC[C@@H]2C1. The first-order chi connectivity index (χ1) is 16.0. The van der Waals surface area contributed by atoms with Gasteiger partial charge in [0.05, 0.1) is 11.6 Å². The fourth-order valence-electron chi connectivity index (χ4n) is 9.64. The second-order valence-corrected chi connectivity index (χ2v) is 12.5. The van der Waals surface area contributed by atoms with E-state index in [0.717, 1.165) is 66.6 Å². The first kappa shape index (κ1) is 23.4. The number of hydrogen-bond acceptors (Lipinski definition) is 2. The summed E-state index contributed by atoms with van der Waals surface area (Å²) in [6, 6.07) is 10.7. The topological polar surface area (TPSA) is 33.0 Å². The maximum absolute atomic E-state index is 9.29. The average Bonchev–Trinajstić information content (AvgIpc) is 3.19. The van der Waals surface area contributed by atoms with Crippen molar-refractivity contribution in [2.75, 3.05) is 13.2 Å². The lowest BCUT2D eigenvalue weighted by Gasteiger charge is -2.57. The molecule has 9 atom stereocenters. The molecule has 33 heavy (non-hydrogen) atoms. The zero-order chi connectivity index (χ0) is 23.0. The van der Waals surface area contributed by atoms with Crippen LogP contribution in [-0.4, -0.2) is 13.2 Å². The molecule has 4 fully saturated rings. The van der Waals surface area contributed by atoms with Crippen LogP contribution >= 0.6 is 0 Å². The van der Waals surface area contributed by atoms with Crippen LogP contribution in [0.5, 0.6) is 0 Å². The van der Waals surface area contributed by atoms with Gasteiger partial charge < -0.3 is 4.74 Å². The zero-order valence-corrected chi connectivity index (χ0v) is 21.3. The van der Waals surface area contributed by atoms with Crippen LogP contribution < -0.4 is 0 Å². The maximum atomic E-state index is 9.29. The molecule has 4 saturated carbocycles. The van der Waals surface area contributed by atoms with Gasteiger partial charge >= 0.3 is 0 Å². The van der Waals surface area contributed by atoms with Gasteiger partial charge in [0.25, 0.3) is 0 Å². The highest BCUT2D eigenvalue weighted by Crippen LogP contribution is 2.65. The van der Waals surface area contributed by atoms with Gasteiger partial charge in [0.1, 0.15) is 0 Å². The average molecular weight is 448 g/mol. The number of nitrogens with zero attached hydrogens (tertiary/aromatic N) is 1. The Hall–Kier alpha value is -1.33. The Morgan fingerprint density at radius 1 is 1.06 bits per heavy atom. The first-order valence-corrected chi connectivity index (χ1v) is 14.1. The molecule has 4 aliphatic carbocycles. The summed E-state index contributed by atoms with van der Waals surface area (Å²) in [5.74, 6) is 7.33. The van der Waals surface area contributed by atoms with Gasteiger partial charge in [-0.05, 0) is 142 Å². The summed E-state index contributed by atoms with van der Waals surface area (Å²) >= 11 is 0. The molecular weight excluding hydrogens is 402 g/mol. The Balaban J connectivity index is 1.25. The van der Waals surface area contributed by atoms with E-state index in [1.165, 1.54) is 63.4 Å². The van der Waals surface area contributed by atoms with Gasteiger partial charge in [-0.3, -0.25) is 0 Å². The highest BCUT2D eigenvalue weighted by atomic mass is 16.5. The first-order valence-electron chi connectivity index (χ1n) is 14.1. The smallest absolute Gasteiger partial charge is 0.0991 e. The minimum Gasteiger partial charge on any atom is -0.381 e. The quantitative estimate of drug-likeness (QED) is 0.448. The van der Waals surface area contributed by atoms with Crippen molar-refractivity contribution in [1.29, 1.82) is 5.26 Å². The molecule has 0 heterocycles. The van der Waals surface area contributed by atoms with E-state index in [1.54, 1.807) is 0 Å². The Bertz CT molecular complexity index is 857. The molecule has 0 spiro atoms. The predicted octanol–water partition coefficient (Wildman–Crippen LogP) is 7.66. The Kier molecular flexibility index (Phi) is 6.91. The Morgan fingerprint density at radius 3 is 2.73 bits per heavy atom. The molecule has 2 nitrogen and oxygen atoms in total. The van der Waals surface area contributed by atoms with Crippen LogP contribution in [0.4, 0.5) is 0 Å². The number of ether oxygens (including phenoxy) is 1. The summed E-state index contributed by atoms with van der Waals surface area (Å²) < 4.78 is 5.80. The molecule has 5 rings (SSSR count). The molecule has 0 aliphatic heterocycles. The third kappa shape index (κ3) is 4.40. The lowest BCUT2D eigenvalue weighted by Crippen LogP contribution is -2.49. The molecule has 4 aliphatic rings. The van der Waals surface area contributed by atoms with Crippen LogP contribution in [0.25, 0.3) is 0 Å². The monoisotopic (exact) mass is 447 g/mol. The molecule has 0 amide bonds. The highest BCUT2D eigenvalue weighted by Gasteiger charge is 2.57. The molecule has 3 unspecified atom stereocenters. The predicted molar refractivity (Wildman–Crippen MR) is 135 cm³/mol. The molecule has 1 aromatic rings. The number of benzene rings is 1. The summed E-state index contributed by atoms with van der Waals surface area (Å²) in [5, 5.41) is 9.29. The van der Waals surface area contributed by atoms with E-state index in [0.29, 0.717) is 11.3 Å². The lowest BCUT2D eigenvalue weighted by atomic mass is 9.48. The van der Waals surface area contributed by atoms with Crippen molar-refractivity contribution in [2.24, 2.45) is 52.8 Å². The van der Waals surface area contributed by atoms with Gasteiger partial charge in [-0.1, -0.05) is 26.0 Å². The van der Waals surface area contributed by atoms with Gasteiger partial charge in [0.2, 0.25) is 0 Å². The van der Waals surface area contributed by atoms with E-state index in [2.05, 4.69) is 45.0 Å². The van der Waals surface area contributed by atoms with E-state index in [4.69, 9.17) is 4.74 Å². The number of fused-ring (bicyclic) bond motifs is 5. The second-order valence-electron chi connectivity index (χ2n) is 12.5. The molecule has 2 heteroatoms. The molecule has 180 valence electrons. The lowest BCUT2D eigenvalue weighted by molar-refractivity contribution is -0.0777. The molecule has 0 aromatic heterocycles. The Labute approximate surface area is 202 Å². The summed E-state index contributed by atoms with van der Waals surface area (Å²) in [5.41, 5.74) is 2.70. The molecule has 0 N–H and O–H groups in total. The third-order valence-corrected chi connectivity index (χ3v) is 11.0. The Morgan fingerprint density at radius 2 is 1.91 bits per heavy atom. The normalized spacial score (nSPS) is 40.8. The van der Waals surface area contributed by atoms with Gasteiger partial charge in [-0.25, -0.2) is 0 Å². The summed E-state index contributed by atoms with van der Waals surface area (Å²) in [6.07, 6.45) is 14.3. The van der Waals surface area contributed by atoms with E-state index in [-0.39, 0.29) is 0 Å². The van der Waals surface area contributed by atoms with Crippen LogP contribution in [0.15, 0.2) is 24.3 Å². The summed E-state index contributed by atoms with van der Waals surface area (Å²) in [4.78, 5) is 0. The van der Waals surface area contributed by atoms with Gasteiger partial charge in [0.15, 0.2) is 0 Å². The van der Waals surface area contributed by atoms with Crippen LogP contribution in [0.3, 0.4) is 0 Å². The third-order valence-electron chi connectivity index (χ3n) is 11.0. The number of rotatable bonds is 6. The van der Waals surface area contributed by atoms with Gasteiger partial charge in [0, 0.05) is 13.2 Å². The summed E-state index contributed by atoms with van der Waals surface area (Å²) in [7, 11) is 0. The fourth-order valence-corrected chi connectivity index (χ4v) is 9.64. The van der Waals surface area contributed by atoms with E-state index in [1.807, 2.05) is 6.07 Å². The van der Waals surface area contributed by atoms with Gasteiger partial charge in [-0.2, -0.15) is 5.26 Å². The molecular formula is C31H45NO. The van der Waals surface area contributed by atoms with Crippen molar-refractivity contribution in [3.05, 3.63) is 35.4 Å². The van der Waals surface area contributed by atoms with Gasteiger partial charge in [-0.15, -0.1) is 0 Å². The highest BCUT2D eigenvalue weighted by molar-refractivity contribution is 5.33. The van der Waals surface area contributed by atoms with E-state index < -0.39 is 0 Å². The number of hydrogen-bond donors (Lipinski definition) is 0. The molecule has 0 radical (unpaired) electrons. The van der Waals surface area contributed by atoms with Crippen molar-refractivity contribution < 1.29 is 4.74 Å². The van der Waals surface area contributed by atoms with Crippen molar-refractivity contribution >= 4 is 0 Å². The minimum atomic E-state index is 0.534. The summed E-state index contributed by atoms with van der Waals surface area (Å²) in [6.45, 7) is 9.19. The second kappa shape index (κ2) is 9.73. The molecule has 0 saturated heterocycles. The minimum absolute atomic E-state index is 0.534. The largest absolute Gasteiger partial charge is 0.381 e. The fraction of sp³-hybridized carbons (Fsp3) is 0.774. The molecule has 0 bridgehead atoms. The zero-order valence-electron chi connectivity index (χ0n) is 21.3.